The number of nitrogens with zero attached hydrogens (tertiary/aromatic N) is 1. The number of carboxylic acids is 1. The number of carbonyl (C=O) groups excluding carboxylic acids is 1. The maximum atomic E-state index is 12.3. The van der Waals surface area contributed by atoms with E-state index in [2.05, 4.69) is 15.5 Å². The Kier molecular flexibility index (Phi) is 4.19. The number of nitrogens with one attached hydrogen (secondary N) is 2. The molecule has 7 heteroatoms. The Balaban J connectivity index is 2.20. The summed E-state index contributed by atoms with van der Waals surface area (Å²) >= 11 is 1.42. The second-order valence-electron chi connectivity index (χ2n) is 4.45. The molecule has 0 bridgehead atoms. The predicted octanol–water partition coefficient (Wildman–Crippen LogP) is 2.03. The van der Waals surface area contributed by atoms with Crippen molar-refractivity contribution in [3.05, 3.63) is 39.3 Å². The molecule has 1 unspecified atom stereocenters. The highest BCUT2D eigenvalue weighted by Gasteiger charge is 2.22. The standard InChI is InChI=1S/C13H15N3O3S/c1-7-12(8(2)16-15-7)13(19)14-9(6-11(17)18)10-4-3-5-20-10/h3-5,9H,6H2,1-2H3,(H,14,19)(H,15,16)(H,17,18). The number of carbonyl (C=O) groups is 2. The minimum atomic E-state index is -0.954. The summed E-state index contributed by atoms with van der Waals surface area (Å²) in [5.41, 5.74) is 1.73. The number of rotatable bonds is 5. The molecule has 20 heavy (non-hydrogen) atoms. The van der Waals surface area contributed by atoms with Crippen LogP contribution in [0.3, 0.4) is 0 Å². The van der Waals surface area contributed by atoms with Crippen molar-refractivity contribution < 1.29 is 14.7 Å². The van der Waals surface area contributed by atoms with E-state index in [9.17, 15) is 9.59 Å². The van der Waals surface area contributed by atoms with Crippen LogP contribution in [0, 0.1) is 13.8 Å². The largest absolute Gasteiger partial charge is 0.481 e. The van der Waals surface area contributed by atoms with Crippen LogP contribution >= 0.6 is 11.3 Å². The van der Waals surface area contributed by atoms with Gasteiger partial charge in [0.1, 0.15) is 0 Å². The molecule has 106 valence electrons. The van der Waals surface area contributed by atoms with Gasteiger partial charge >= 0.3 is 5.97 Å². The van der Waals surface area contributed by atoms with Crippen LogP contribution in [0.1, 0.15) is 39.1 Å². The fourth-order valence-electron chi connectivity index (χ4n) is 2.00. The molecule has 3 N–H and O–H groups in total. The molecule has 2 heterocycles. The fraction of sp³-hybridized carbons (Fsp3) is 0.308. The Bertz CT molecular complexity index is 599. The third-order valence-electron chi connectivity index (χ3n) is 2.93. The number of hydrogen-bond acceptors (Lipinski definition) is 4. The summed E-state index contributed by atoms with van der Waals surface area (Å²) < 4.78 is 0. The first-order valence-corrected chi connectivity index (χ1v) is 6.94. The van der Waals surface area contributed by atoms with Gasteiger partial charge in [-0.2, -0.15) is 5.10 Å². The highest BCUT2D eigenvalue weighted by atomic mass is 32.1. The summed E-state index contributed by atoms with van der Waals surface area (Å²) in [5.74, 6) is -1.27. The number of aromatic nitrogens is 2. The quantitative estimate of drug-likeness (QED) is 0.786. The van der Waals surface area contributed by atoms with Gasteiger partial charge in [0.15, 0.2) is 0 Å². The second-order valence-corrected chi connectivity index (χ2v) is 5.43. The van der Waals surface area contributed by atoms with Crippen LogP contribution in [0.5, 0.6) is 0 Å². The molecular formula is C13H15N3O3S. The Morgan fingerprint density at radius 2 is 2.25 bits per heavy atom. The summed E-state index contributed by atoms with van der Waals surface area (Å²) in [6, 6.07) is 3.11. The molecule has 2 aromatic heterocycles. The monoisotopic (exact) mass is 293 g/mol. The fourth-order valence-corrected chi connectivity index (χ4v) is 2.78. The molecule has 0 fully saturated rings. The van der Waals surface area contributed by atoms with Gasteiger partial charge in [0.05, 0.1) is 23.7 Å². The minimum Gasteiger partial charge on any atom is -0.481 e. The number of carboxylic acid groups (broad SMARTS) is 1. The number of hydrogen-bond donors (Lipinski definition) is 3. The normalized spacial score (nSPS) is 12.1. The molecule has 2 aromatic rings. The zero-order valence-corrected chi connectivity index (χ0v) is 12.0. The lowest BCUT2D eigenvalue weighted by Crippen LogP contribution is -2.30. The van der Waals surface area contributed by atoms with E-state index >= 15 is 0 Å². The molecule has 0 aliphatic carbocycles. The average molecular weight is 293 g/mol. The number of thiophene rings is 1. The summed E-state index contributed by atoms with van der Waals surface area (Å²) in [6.07, 6.45) is -0.151. The van der Waals surface area contributed by atoms with Crippen LogP contribution in [0.15, 0.2) is 17.5 Å². The van der Waals surface area contributed by atoms with Crippen LogP contribution in [-0.4, -0.2) is 27.2 Å². The molecule has 0 aliphatic heterocycles. The van der Waals surface area contributed by atoms with E-state index in [-0.39, 0.29) is 12.3 Å². The smallest absolute Gasteiger partial charge is 0.305 e. The van der Waals surface area contributed by atoms with E-state index in [1.165, 1.54) is 11.3 Å². The van der Waals surface area contributed by atoms with E-state index in [1.54, 1.807) is 13.8 Å². The number of aromatic amines is 1. The Hall–Kier alpha value is -2.15. The highest BCUT2D eigenvalue weighted by Crippen LogP contribution is 2.23. The Labute approximate surface area is 119 Å². The van der Waals surface area contributed by atoms with Gasteiger partial charge in [-0.3, -0.25) is 14.7 Å². The number of aliphatic carboxylic acids is 1. The third-order valence-corrected chi connectivity index (χ3v) is 3.91. The zero-order valence-electron chi connectivity index (χ0n) is 11.1. The predicted molar refractivity (Wildman–Crippen MR) is 74.8 cm³/mol. The van der Waals surface area contributed by atoms with Gasteiger partial charge in [-0.25, -0.2) is 0 Å². The van der Waals surface area contributed by atoms with Crippen LogP contribution in [0.2, 0.25) is 0 Å². The van der Waals surface area contributed by atoms with E-state index in [0.717, 1.165) is 4.88 Å². The molecular weight excluding hydrogens is 278 g/mol. The van der Waals surface area contributed by atoms with Crippen molar-refractivity contribution in [1.82, 2.24) is 15.5 Å². The SMILES string of the molecule is Cc1n[nH]c(C)c1C(=O)NC(CC(=O)O)c1cccs1. The molecule has 2 rings (SSSR count). The summed E-state index contributed by atoms with van der Waals surface area (Å²) in [7, 11) is 0. The lowest BCUT2D eigenvalue weighted by molar-refractivity contribution is -0.137. The molecule has 0 spiro atoms. The summed E-state index contributed by atoms with van der Waals surface area (Å²) in [4.78, 5) is 24.0. The van der Waals surface area contributed by atoms with Gasteiger partial charge in [-0.05, 0) is 25.3 Å². The van der Waals surface area contributed by atoms with Gasteiger partial charge in [-0.1, -0.05) is 6.07 Å². The van der Waals surface area contributed by atoms with Crippen molar-refractivity contribution in [3.8, 4) is 0 Å². The summed E-state index contributed by atoms with van der Waals surface area (Å²) in [6.45, 7) is 3.49. The molecule has 0 saturated heterocycles. The van der Waals surface area contributed by atoms with Gasteiger partial charge in [0.2, 0.25) is 0 Å². The lowest BCUT2D eigenvalue weighted by atomic mass is 10.1. The van der Waals surface area contributed by atoms with Crippen molar-refractivity contribution in [2.45, 2.75) is 26.3 Å². The maximum Gasteiger partial charge on any atom is 0.305 e. The van der Waals surface area contributed by atoms with Crippen molar-refractivity contribution in [2.75, 3.05) is 0 Å². The van der Waals surface area contributed by atoms with Gasteiger partial charge in [0.25, 0.3) is 5.91 Å². The zero-order chi connectivity index (χ0) is 14.7. The van der Waals surface area contributed by atoms with Crippen molar-refractivity contribution in [1.29, 1.82) is 0 Å². The van der Waals surface area contributed by atoms with Crippen LogP contribution in [0.4, 0.5) is 0 Å². The average Bonchev–Trinajstić information content (AvgIpc) is 2.98. The van der Waals surface area contributed by atoms with Crippen LogP contribution < -0.4 is 5.32 Å². The second kappa shape index (κ2) is 5.87. The van der Waals surface area contributed by atoms with Crippen LogP contribution in [-0.2, 0) is 4.79 Å². The molecule has 0 saturated carbocycles. The third kappa shape index (κ3) is 3.05. The van der Waals surface area contributed by atoms with E-state index < -0.39 is 12.0 Å². The van der Waals surface area contributed by atoms with Gasteiger partial charge in [0, 0.05) is 10.6 Å². The maximum absolute atomic E-state index is 12.3. The summed E-state index contributed by atoms with van der Waals surface area (Å²) in [5, 5.41) is 20.3. The van der Waals surface area contributed by atoms with Crippen molar-refractivity contribution in [3.63, 3.8) is 0 Å². The first-order chi connectivity index (χ1) is 9.49. The molecule has 1 atom stereocenters. The van der Waals surface area contributed by atoms with Crippen LogP contribution in [0.25, 0.3) is 0 Å². The number of amides is 1. The number of H-pyrrole nitrogens is 1. The Morgan fingerprint density at radius 1 is 1.50 bits per heavy atom. The Morgan fingerprint density at radius 3 is 2.75 bits per heavy atom. The first-order valence-electron chi connectivity index (χ1n) is 6.06. The van der Waals surface area contributed by atoms with Crippen molar-refractivity contribution in [2.24, 2.45) is 0 Å². The molecule has 1 amide bonds. The number of aryl methyl sites for hydroxylation is 2. The molecule has 0 radical (unpaired) electrons. The van der Waals surface area contributed by atoms with Crippen molar-refractivity contribution >= 4 is 23.2 Å². The topological polar surface area (TPSA) is 95.1 Å². The van der Waals surface area contributed by atoms with Gasteiger partial charge < -0.3 is 10.4 Å². The molecule has 6 nitrogen and oxygen atoms in total. The minimum absolute atomic E-state index is 0.151. The first kappa shape index (κ1) is 14.3. The van der Waals surface area contributed by atoms with Gasteiger partial charge in [-0.15, -0.1) is 11.3 Å². The molecule has 0 aromatic carbocycles. The molecule has 0 aliphatic rings. The van der Waals surface area contributed by atoms with E-state index in [1.807, 2.05) is 17.5 Å². The lowest BCUT2D eigenvalue weighted by Gasteiger charge is -2.15. The highest BCUT2D eigenvalue weighted by molar-refractivity contribution is 7.10. The van der Waals surface area contributed by atoms with E-state index in [0.29, 0.717) is 17.0 Å². The van der Waals surface area contributed by atoms with E-state index in [4.69, 9.17) is 5.11 Å².